The lowest BCUT2D eigenvalue weighted by atomic mass is 10.2. The van der Waals surface area contributed by atoms with Gasteiger partial charge in [-0.2, -0.15) is 5.10 Å². The molecule has 1 amide bonds. The SMILES string of the molecule is CCOc1cc(C=N/N=C2/NC(=O)/C(=C\C(=O)OC)S2)ccc1OCCN1CCOCC1. The number of hydrogen-bond acceptors (Lipinski definition) is 10. The van der Waals surface area contributed by atoms with Crippen LogP contribution in [0.1, 0.15) is 12.5 Å². The summed E-state index contributed by atoms with van der Waals surface area (Å²) in [6.07, 6.45) is 2.65. The van der Waals surface area contributed by atoms with Gasteiger partial charge < -0.3 is 18.9 Å². The number of hydrogen-bond donors (Lipinski definition) is 1. The maximum Gasteiger partial charge on any atom is 0.331 e. The summed E-state index contributed by atoms with van der Waals surface area (Å²) in [4.78, 5) is 25.6. The first-order valence-corrected chi connectivity index (χ1v) is 11.0. The third-order valence-electron chi connectivity index (χ3n) is 4.49. The van der Waals surface area contributed by atoms with E-state index in [4.69, 9.17) is 14.2 Å². The molecule has 0 atom stereocenters. The molecule has 2 aliphatic heterocycles. The van der Waals surface area contributed by atoms with E-state index in [2.05, 4.69) is 25.2 Å². The third-order valence-corrected chi connectivity index (χ3v) is 5.39. The maximum absolute atomic E-state index is 11.8. The van der Waals surface area contributed by atoms with E-state index in [1.165, 1.54) is 7.11 Å². The van der Waals surface area contributed by atoms with Gasteiger partial charge in [-0.1, -0.05) is 0 Å². The van der Waals surface area contributed by atoms with E-state index in [9.17, 15) is 9.59 Å². The van der Waals surface area contributed by atoms with Crippen LogP contribution in [0.4, 0.5) is 0 Å². The second-order valence-electron chi connectivity index (χ2n) is 6.68. The van der Waals surface area contributed by atoms with Crippen LogP contribution in [-0.4, -0.2) is 81.3 Å². The van der Waals surface area contributed by atoms with Crippen LogP contribution >= 0.6 is 11.8 Å². The molecule has 0 aliphatic carbocycles. The number of esters is 1. The van der Waals surface area contributed by atoms with Gasteiger partial charge in [0.05, 0.1) is 38.1 Å². The minimum absolute atomic E-state index is 0.197. The zero-order valence-corrected chi connectivity index (χ0v) is 18.9. The summed E-state index contributed by atoms with van der Waals surface area (Å²) < 4.78 is 21.5. The molecule has 0 spiro atoms. The molecule has 1 N–H and O–H groups in total. The van der Waals surface area contributed by atoms with Crippen molar-refractivity contribution >= 4 is 35.0 Å². The number of amides is 1. The number of nitrogens with one attached hydrogen (secondary N) is 1. The topological polar surface area (TPSA) is 111 Å². The molecule has 3 rings (SSSR count). The Balaban J connectivity index is 1.59. The molecule has 0 radical (unpaired) electrons. The molecule has 2 aliphatic rings. The highest BCUT2D eigenvalue weighted by atomic mass is 32.2. The van der Waals surface area contributed by atoms with Crippen LogP contribution in [0.2, 0.25) is 0 Å². The van der Waals surface area contributed by atoms with Crippen molar-refractivity contribution < 1.29 is 28.5 Å². The lowest BCUT2D eigenvalue weighted by Crippen LogP contribution is -2.38. The first-order valence-electron chi connectivity index (χ1n) is 10.2. The van der Waals surface area contributed by atoms with Crippen LogP contribution in [0, 0.1) is 0 Å². The van der Waals surface area contributed by atoms with Gasteiger partial charge in [0.25, 0.3) is 5.91 Å². The van der Waals surface area contributed by atoms with Gasteiger partial charge in [0, 0.05) is 25.7 Å². The second-order valence-corrected chi connectivity index (χ2v) is 7.71. The Hall–Kier alpha value is -2.89. The summed E-state index contributed by atoms with van der Waals surface area (Å²) in [6.45, 7) is 7.13. The number of nitrogens with zero attached hydrogens (tertiary/aromatic N) is 3. The molecule has 2 heterocycles. The van der Waals surface area contributed by atoms with Crippen LogP contribution in [0.3, 0.4) is 0 Å². The average Bonchev–Trinajstić information content (AvgIpc) is 3.14. The summed E-state index contributed by atoms with van der Waals surface area (Å²) in [5.74, 6) is 0.257. The van der Waals surface area contributed by atoms with Gasteiger partial charge in [-0.05, 0) is 42.4 Å². The monoisotopic (exact) mass is 462 g/mol. The highest BCUT2D eigenvalue weighted by molar-refractivity contribution is 8.18. The zero-order chi connectivity index (χ0) is 22.8. The zero-order valence-electron chi connectivity index (χ0n) is 18.0. The van der Waals surface area contributed by atoms with E-state index in [0.717, 1.165) is 56.2 Å². The third kappa shape index (κ3) is 7.08. The lowest BCUT2D eigenvalue weighted by Gasteiger charge is -2.26. The van der Waals surface area contributed by atoms with Crippen molar-refractivity contribution in [1.82, 2.24) is 10.2 Å². The molecule has 0 saturated carbocycles. The van der Waals surface area contributed by atoms with Gasteiger partial charge in [-0.15, -0.1) is 5.10 Å². The first-order chi connectivity index (χ1) is 15.6. The number of thioether (sulfide) groups is 1. The first kappa shape index (κ1) is 23.8. The molecule has 2 fully saturated rings. The van der Waals surface area contributed by atoms with Gasteiger partial charge >= 0.3 is 5.97 Å². The molecule has 11 heteroatoms. The molecule has 1 aromatic rings. The van der Waals surface area contributed by atoms with Crippen LogP contribution < -0.4 is 14.8 Å². The maximum atomic E-state index is 11.8. The molecule has 172 valence electrons. The van der Waals surface area contributed by atoms with Crippen molar-refractivity contribution in [3.8, 4) is 11.5 Å². The fraction of sp³-hybridized carbons (Fsp3) is 0.429. The number of morpholine rings is 1. The van der Waals surface area contributed by atoms with E-state index in [-0.39, 0.29) is 10.1 Å². The number of amidine groups is 1. The van der Waals surface area contributed by atoms with E-state index in [1.807, 2.05) is 25.1 Å². The number of rotatable bonds is 9. The van der Waals surface area contributed by atoms with Crippen molar-refractivity contribution in [2.45, 2.75) is 6.92 Å². The quantitative estimate of drug-likeness (QED) is 0.254. The number of methoxy groups -OCH3 is 1. The number of benzene rings is 1. The van der Waals surface area contributed by atoms with Crippen LogP contribution in [-0.2, 0) is 19.1 Å². The number of carbonyl (C=O) groups is 2. The van der Waals surface area contributed by atoms with Gasteiger partial charge in [-0.3, -0.25) is 15.0 Å². The van der Waals surface area contributed by atoms with Crippen molar-refractivity contribution in [1.29, 1.82) is 0 Å². The standard InChI is InChI=1S/C21H26N4O6S/c1-3-30-17-12-15(4-5-16(17)31-11-8-25-6-9-29-10-7-25)14-22-24-21-23-20(27)18(32-21)13-19(26)28-2/h4-5,12-14H,3,6-11H2,1-2H3,(H,23,24,27)/b18-13+,22-14?. The summed E-state index contributed by atoms with van der Waals surface area (Å²) in [7, 11) is 1.24. The highest BCUT2D eigenvalue weighted by Crippen LogP contribution is 2.28. The van der Waals surface area contributed by atoms with Crippen LogP contribution in [0.5, 0.6) is 11.5 Å². The Morgan fingerprint density at radius 2 is 2.09 bits per heavy atom. The number of ether oxygens (including phenoxy) is 4. The van der Waals surface area contributed by atoms with Crippen LogP contribution in [0.15, 0.2) is 39.4 Å². The molecule has 32 heavy (non-hydrogen) atoms. The molecule has 10 nitrogen and oxygen atoms in total. The Morgan fingerprint density at radius 1 is 1.28 bits per heavy atom. The minimum atomic E-state index is -0.608. The van der Waals surface area contributed by atoms with Gasteiger partial charge in [0.2, 0.25) is 0 Å². The molecular weight excluding hydrogens is 436 g/mol. The van der Waals surface area contributed by atoms with Gasteiger partial charge in [-0.25, -0.2) is 4.79 Å². The van der Waals surface area contributed by atoms with E-state index in [0.29, 0.717) is 24.7 Å². The van der Waals surface area contributed by atoms with E-state index < -0.39 is 11.9 Å². The highest BCUT2D eigenvalue weighted by Gasteiger charge is 2.25. The second kappa shape index (κ2) is 12.2. The largest absolute Gasteiger partial charge is 0.490 e. The average molecular weight is 463 g/mol. The van der Waals surface area contributed by atoms with Crippen LogP contribution in [0.25, 0.3) is 0 Å². The number of carbonyl (C=O) groups excluding carboxylic acids is 2. The van der Waals surface area contributed by atoms with Crippen molar-refractivity contribution in [2.24, 2.45) is 10.2 Å². The minimum Gasteiger partial charge on any atom is -0.490 e. The summed E-state index contributed by atoms with van der Waals surface area (Å²) in [6, 6.07) is 5.50. The molecule has 0 unspecified atom stereocenters. The fourth-order valence-corrected chi connectivity index (χ4v) is 3.63. The predicted octanol–water partition coefficient (Wildman–Crippen LogP) is 1.41. The van der Waals surface area contributed by atoms with Crippen molar-refractivity contribution in [2.75, 3.05) is 53.2 Å². The van der Waals surface area contributed by atoms with Crippen molar-refractivity contribution in [3.63, 3.8) is 0 Å². The summed E-state index contributed by atoms with van der Waals surface area (Å²) in [5, 5.41) is 10.8. The molecule has 2 saturated heterocycles. The smallest absolute Gasteiger partial charge is 0.331 e. The summed E-state index contributed by atoms with van der Waals surface area (Å²) >= 11 is 1.01. The molecule has 0 bridgehead atoms. The van der Waals surface area contributed by atoms with Crippen molar-refractivity contribution in [3.05, 3.63) is 34.7 Å². The Kier molecular flexibility index (Phi) is 9.08. The van der Waals surface area contributed by atoms with E-state index >= 15 is 0 Å². The predicted molar refractivity (Wildman–Crippen MR) is 121 cm³/mol. The Bertz CT molecular complexity index is 912. The van der Waals surface area contributed by atoms with Gasteiger partial charge in [0.15, 0.2) is 16.7 Å². The Labute approximate surface area is 190 Å². The normalized spacial score (nSPS) is 19.5. The fourth-order valence-electron chi connectivity index (χ4n) is 2.89. The van der Waals surface area contributed by atoms with Gasteiger partial charge in [0.1, 0.15) is 6.61 Å². The Morgan fingerprint density at radius 3 is 2.84 bits per heavy atom. The van der Waals surface area contributed by atoms with E-state index in [1.54, 1.807) is 6.21 Å². The molecule has 0 aromatic heterocycles. The molecule has 1 aromatic carbocycles. The lowest BCUT2D eigenvalue weighted by molar-refractivity contribution is -0.135. The molecular formula is C21H26N4O6S. The summed E-state index contributed by atoms with van der Waals surface area (Å²) in [5.41, 5.74) is 0.762.